The van der Waals surface area contributed by atoms with Crippen LogP contribution in [-0.2, 0) is 9.59 Å². The molecule has 20 heavy (non-hydrogen) atoms. The molecule has 2 rings (SSSR count). The highest BCUT2D eigenvalue weighted by Crippen LogP contribution is 2.33. The third kappa shape index (κ3) is 3.25. The first-order valence-electron chi connectivity index (χ1n) is 5.29. The van der Waals surface area contributed by atoms with Crippen LogP contribution >= 0.6 is 39.9 Å². The molecular formula is C12H6BrFNO3S2-. The number of halogens is 2. The highest BCUT2D eigenvalue weighted by molar-refractivity contribution is 9.10. The van der Waals surface area contributed by atoms with E-state index in [0.717, 1.165) is 16.7 Å². The lowest BCUT2D eigenvalue weighted by Crippen LogP contribution is -2.40. The number of hydrogen-bond acceptors (Lipinski definition) is 5. The van der Waals surface area contributed by atoms with Gasteiger partial charge in [-0.1, -0.05) is 39.9 Å². The van der Waals surface area contributed by atoms with Crippen molar-refractivity contribution in [1.82, 2.24) is 4.90 Å². The Morgan fingerprint density at radius 2 is 2.25 bits per heavy atom. The Morgan fingerprint density at radius 1 is 1.55 bits per heavy atom. The Kier molecular flexibility index (Phi) is 4.56. The summed E-state index contributed by atoms with van der Waals surface area (Å²) < 4.78 is 14.4. The molecule has 0 saturated carbocycles. The highest BCUT2D eigenvalue weighted by Gasteiger charge is 2.32. The second-order valence-corrected chi connectivity index (χ2v) is 6.40. The van der Waals surface area contributed by atoms with E-state index in [2.05, 4.69) is 15.9 Å². The predicted molar refractivity (Wildman–Crippen MR) is 79.0 cm³/mol. The average molecular weight is 375 g/mol. The van der Waals surface area contributed by atoms with Crippen molar-refractivity contribution in [3.63, 3.8) is 0 Å². The molecule has 0 radical (unpaired) electrons. The molecule has 0 N–H and O–H groups in total. The number of aliphatic carboxylic acids is 1. The number of rotatable bonds is 3. The van der Waals surface area contributed by atoms with Gasteiger partial charge >= 0.3 is 0 Å². The van der Waals surface area contributed by atoms with E-state index in [1.807, 2.05) is 0 Å². The van der Waals surface area contributed by atoms with Gasteiger partial charge in [-0.2, -0.15) is 0 Å². The number of hydrogen-bond donors (Lipinski definition) is 0. The minimum atomic E-state index is -1.41. The van der Waals surface area contributed by atoms with Gasteiger partial charge in [-0.3, -0.25) is 9.69 Å². The fourth-order valence-corrected chi connectivity index (χ4v) is 3.16. The number of carboxylic acid groups (broad SMARTS) is 1. The lowest BCUT2D eigenvalue weighted by Gasteiger charge is -2.14. The molecule has 0 atom stereocenters. The van der Waals surface area contributed by atoms with Gasteiger partial charge in [-0.25, -0.2) is 4.39 Å². The topological polar surface area (TPSA) is 60.4 Å². The van der Waals surface area contributed by atoms with Crippen LogP contribution in [0.1, 0.15) is 5.56 Å². The molecule has 0 aromatic heterocycles. The van der Waals surface area contributed by atoms with Gasteiger partial charge in [0, 0.05) is 10.0 Å². The number of carbonyl (C=O) groups is 2. The number of thiocarbonyl (C=S) groups is 1. The van der Waals surface area contributed by atoms with Crippen molar-refractivity contribution in [2.75, 3.05) is 6.54 Å². The molecular weight excluding hydrogens is 369 g/mol. The van der Waals surface area contributed by atoms with Crippen LogP contribution in [0, 0.1) is 5.82 Å². The Bertz CT molecular complexity index is 648. The van der Waals surface area contributed by atoms with Gasteiger partial charge in [0.25, 0.3) is 5.91 Å². The summed E-state index contributed by atoms with van der Waals surface area (Å²) in [5.74, 6) is -2.46. The van der Waals surface area contributed by atoms with Crippen molar-refractivity contribution in [3.8, 4) is 0 Å². The van der Waals surface area contributed by atoms with E-state index >= 15 is 0 Å². The summed E-state index contributed by atoms with van der Waals surface area (Å²) in [7, 11) is 0. The molecule has 1 aliphatic heterocycles. The second kappa shape index (κ2) is 6.02. The van der Waals surface area contributed by atoms with Crippen LogP contribution in [-0.4, -0.2) is 27.6 Å². The van der Waals surface area contributed by atoms with E-state index in [9.17, 15) is 19.1 Å². The maximum Gasteiger partial charge on any atom is 0.266 e. The summed E-state index contributed by atoms with van der Waals surface area (Å²) in [5, 5.41) is 10.6. The van der Waals surface area contributed by atoms with Gasteiger partial charge in [-0.05, 0) is 24.3 Å². The molecule has 8 heteroatoms. The Labute approximate surface area is 131 Å². The van der Waals surface area contributed by atoms with Crippen molar-refractivity contribution in [3.05, 3.63) is 39.0 Å². The lowest BCUT2D eigenvalue weighted by atomic mass is 10.2. The van der Waals surface area contributed by atoms with E-state index in [1.165, 1.54) is 24.3 Å². The van der Waals surface area contributed by atoms with E-state index < -0.39 is 24.2 Å². The van der Waals surface area contributed by atoms with Gasteiger partial charge in [0.1, 0.15) is 10.1 Å². The standard InChI is InChI=1S/C12H7BrFNO3S2/c13-7-1-2-8(14)6(3-7)4-9-11(18)15(5-10(16)17)12(19)20-9/h1-4H,5H2,(H,16,17)/p-1/b9-4-. The van der Waals surface area contributed by atoms with Crippen LogP contribution in [0.15, 0.2) is 27.6 Å². The van der Waals surface area contributed by atoms with E-state index in [0.29, 0.717) is 4.47 Å². The van der Waals surface area contributed by atoms with Crippen LogP contribution < -0.4 is 5.11 Å². The number of carbonyl (C=O) groups excluding carboxylic acids is 2. The molecule has 0 unspecified atom stereocenters. The van der Waals surface area contributed by atoms with Crippen LogP contribution in [0.25, 0.3) is 6.08 Å². The molecule has 1 aromatic carbocycles. The lowest BCUT2D eigenvalue weighted by molar-refractivity contribution is -0.305. The molecule has 104 valence electrons. The number of carboxylic acids is 1. The van der Waals surface area contributed by atoms with E-state index in [4.69, 9.17) is 12.2 Å². The van der Waals surface area contributed by atoms with Crippen molar-refractivity contribution in [1.29, 1.82) is 0 Å². The van der Waals surface area contributed by atoms with Gasteiger partial charge in [0.05, 0.1) is 17.4 Å². The summed E-state index contributed by atoms with van der Waals surface area (Å²) in [6.45, 7) is -0.608. The molecule has 1 heterocycles. The molecule has 1 aliphatic rings. The van der Waals surface area contributed by atoms with E-state index in [1.54, 1.807) is 0 Å². The van der Waals surface area contributed by atoms with Crippen molar-refractivity contribution >= 4 is 62.2 Å². The van der Waals surface area contributed by atoms with Crippen LogP contribution in [0.2, 0.25) is 0 Å². The van der Waals surface area contributed by atoms with Crippen molar-refractivity contribution in [2.45, 2.75) is 0 Å². The minimum absolute atomic E-state index is 0.112. The van der Waals surface area contributed by atoms with Gasteiger partial charge < -0.3 is 9.90 Å². The van der Waals surface area contributed by atoms with Gasteiger partial charge in [-0.15, -0.1) is 0 Å². The first-order valence-corrected chi connectivity index (χ1v) is 7.30. The first-order chi connectivity index (χ1) is 9.38. The minimum Gasteiger partial charge on any atom is -0.548 e. The fraction of sp³-hybridized carbons (Fsp3) is 0.0833. The van der Waals surface area contributed by atoms with Gasteiger partial charge in [0.15, 0.2) is 0 Å². The fourth-order valence-electron chi connectivity index (χ4n) is 1.53. The summed E-state index contributed by atoms with van der Waals surface area (Å²) >= 11 is 9.06. The second-order valence-electron chi connectivity index (χ2n) is 3.81. The summed E-state index contributed by atoms with van der Waals surface area (Å²) in [6.07, 6.45) is 1.34. The average Bonchev–Trinajstić information content (AvgIpc) is 2.61. The molecule has 4 nitrogen and oxygen atoms in total. The Hall–Kier alpha value is -1.25. The van der Waals surface area contributed by atoms with Crippen molar-refractivity contribution < 1.29 is 19.1 Å². The summed E-state index contributed by atoms with van der Waals surface area (Å²) in [6, 6.07) is 4.31. The zero-order valence-electron chi connectivity index (χ0n) is 9.76. The van der Waals surface area contributed by atoms with Crippen molar-refractivity contribution in [2.24, 2.45) is 0 Å². The number of thioether (sulfide) groups is 1. The third-order valence-corrected chi connectivity index (χ3v) is 4.28. The Morgan fingerprint density at radius 3 is 2.90 bits per heavy atom. The molecule has 0 aliphatic carbocycles. The maximum absolute atomic E-state index is 13.6. The molecule has 1 saturated heterocycles. The number of benzene rings is 1. The molecule has 1 fully saturated rings. The molecule has 0 bridgehead atoms. The molecule has 1 amide bonds. The number of amides is 1. The van der Waals surface area contributed by atoms with Crippen LogP contribution in [0.5, 0.6) is 0 Å². The molecule has 1 aromatic rings. The van der Waals surface area contributed by atoms with Crippen LogP contribution in [0.4, 0.5) is 4.39 Å². The maximum atomic E-state index is 13.6. The number of nitrogens with zero attached hydrogens (tertiary/aromatic N) is 1. The highest BCUT2D eigenvalue weighted by atomic mass is 79.9. The largest absolute Gasteiger partial charge is 0.548 e. The third-order valence-electron chi connectivity index (χ3n) is 2.41. The smallest absolute Gasteiger partial charge is 0.266 e. The zero-order chi connectivity index (χ0) is 14.9. The quantitative estimate of drug-likeness (QED) is 0.593. The molecule has 0 spiro atoms. The zero-order valence-corrected chi connectivity index (χ0v) is 13.0. The predicted octanol–water partition coefficient (Wildman–Crippen LogP) is 1.54. The summed E-state index contributed by atoms with van der Waals surface area (Å²) in [4.78, 5) is 23.6. The monoisotopic (exact) mass is 374 g/mol. The van der Waals surface area contributed by atoms with E-state index in [-0.39, 0.29) is 14.8 Å². The normalized spacial score (nSPS) is 17.1. The van der Waals surface area contributed by atoms with Gasteiger partial charge in [0.2, 0.25) is 0 Å². The summed E-state index contributed by atoms with van der Waals surface area (Å²) in [5.41, 5.74) is 0.216. The SMILES string of the molecule is O=C([O-])CN1C(=O)/C(=C/c2cc(Br)ccc2F)SC1=S. The Balaban J connectivity index is 2.32. The van der Waals surface area contributed by atoms with Crippen LogP contribution in [0.3, 0.4) is 0 Å². The first kappa shape index (κ1) is 15.1.